The third kappa shape index (κ3) is 28.5. The van der Waals surface area contributed by atoms with Gasteiger partial charge in [-0.2, -0.15) is 0 Å². The fourth-order valence-electron chi connectivity index (χ4n) is 4.86. The molecule has 0 aromatic carbocycles. The van der Waals surface area contributed by atoms with Gasteiger partial charge in [-0.1, -0.05) is 103 Å². The molecule has 0 aromatic rings. The number of hydrogen-bond donors (Lipinski definition) is 4. The Labute approximate surface area is 273 Å². The van der Waals surface area contributed by atoms with Gasteiger partial charge in [0.15, 0.2) is 0 Å². The van der Waals surface area contributed by atoms with Crippen molar-refractivity contribution < 1.29 is 34.1 Å². The number of carbonyl (C=O) groups excluding carboxylic acids is 3. The SMILES string of the molecule is CCC/C=C\CCCCCCCC(=O)OC(/C=C\CCCCCCCC)CCCCCCC(=O)NCC(=O)NC(CO)C(=O)O. The Hall–Kier alpha value is -2.68. The lowest BCUT2D eigenvalue weighted by Crippen LogP contribution is -2.47. The number of aliphatic hydroxyl groups is 1. The minimum Gasteiger partial charge on any atom is -0.480 e. The summed E-state index contributed by atoms with van der Waals surface area (Å²) in [6, 6.07) is -1.39. The number of carbonyl (C=O) groups is 4. The highest BCUT2D eigenvalue weighted by molar-refractivity contribution is 5.87. The van der Waals surface area contributed by atoms with Gasteiger partial charge in [-0.15, -0.1) is 0 Å². The Morgan fingerprint density at radius 2 is 1.24 bits per heavy atom. The van der Waals surface area contributed by atoms with Crippen molar-refractivity contribution >= 4 is 23.8 Å². The number of unbranched alkanes of at least 4 members (excludes halogenated alkanes) is 15. The van der Waals surface area contributed by atoms with Crippen LogP contribution in [0.4, 0.5) is 0 Å². The second-order valence-corrected chi connectivity index (χ2v) is 11.9. The maximum Gasteiger partial charge on any atom is 0.328 e. The number of aliphatic hydroxyl groups excluding tert-OH is 1. The molecule has 2 atom stereocenters. The van der Waals surface area contributed by atoms with Crippen molar-refractivity contribution in [3.63, 3.8) is 0 Å². The second-order valence-electron chi connectivity index (χ2n) is 11.9. The molecule has 0 heterocycles. The summed E-state index contributed by atoms with van der Waals surface area (Å²) in [7, 11) is 0. The monoisotopic (exact) mass is 636 g/mol. The zero-order chi connectivity index (χ0) is 33.4. The Morgan fingerprint density at radius 1 is 0.667 bits per heavy atom. The predicted octanol–water partition coefficient (Wildman–Crippen LogP) is 7.31. The molecule has 0 aliphatic heterocycles. The molecule has 0 fully saturated rings. The largest absolute Gasteiger partial charge is 0.480 e. The van der Waals surface area contributed by atoms with Crippen LogP contribution in [0.5, 0.6) is 0 Å². The lowest BCUT2D eigenvalue weighted by molar-refractivity contribution is -0.147. The summed E-state index contributed by atoms with van der Waals surface area (Å²) in [6.45, 7) is 3.36. The number of hydrogen-bond acceptors (Lipinski definition) is 6. The fourth-order valence-corrected chi connectivity index (χ4v) is 4.86. The van der Waals surface area contributed by atoms with E-state index in [1.807, 2.05) is 0 Å². The lowest BCUT2D eigenvalue weighted by Gasteiger charge is -2.15. The zero-order valence-corrected chi connectivity index (χ0v) is 28.4. The number of amides is 2. The van der Waals surface area contributed by atoms with E-state index in [0.717, 1.165) is 70.6 Å². The van der Waals surface area contributed by atoms with E-state index in [1.165, 1.54) is 51.4 Å². The van der Waals surface area contributed by atoms with Gasteiger partial charge >= 0.3 is 11.9 Å². The van der Waals surface area contributed by atoms with Crippen LogP contribution in [0, 0.1) is 0 Å². The van der Waals surface area contributed by atoms with E-state index >= 15 is 0 Å². The van der Waals surface area contributed by atoms with Crippen molar-refractivity contribution in [3.05, 3.63) is 24.3 Å². The highest BCUT2D eigenvalue weighted by Crippen LogP contribution is 2.15. The Kier molecular flexibility index (Phi) is 29.4. The predicted molar refractivity (Wildman–Crippen MR) is 181 cm³/mol. The molecule has 9 heteroatoms. The Morgan fingerprint density at radius 3 is 1.89 bits per heavy atom. The zero-order valence-electron chi connectivity index (χ0n) is 28.4. The number of aliphatic carboxylic acids is 1. The Bertz CT molecular complexity index is 828. The van der Waals surface area contributed by atoms with Gasteiger partial charge in [0.25, 0.3) is 0 Å². The molecule has 0 radical (unpaired) electrons. The molecule has 0 spiro atoms. The van der Waals surface area contributed by atoms with Crippen LogP contribution in [-0.4, -0.2) is 59.3 Å². The summed E-state index contributed by atoms with van der Waals surface area (Å²) in [5, 5.41) is 22.4. The van der Waals surface area contributed by atoms with Gasteiger partial charge in [0.05, 0.1) is 13.2 Å². The van der Waals surface area contributed by atoms with E-state index in [9.17, 15) is 19.2 Å². The first-order chi connectivity index (χ1) is 21.8. The van der Waals surface area contributed by atoms with Crippen molar-refractivity contribution in [2.24, 2.45) is 0 Å². The maximum atomic E-state index is 12.6. The first-order valence-electron chi connectivity index (χ1n) is 17.7. The number of carboxylic acids is 1. The summed E-state index contributed by atoms with van der Waals surface area (Å²) in [4.78, 5) is 47.2. The molecular weight excluding hydrogens is 572 g/mol. The summed E-state index contributed by atoms with van der Waals surface area (Å²) in [5.41, 5.74) is 0. The van der Waals surface area contributed by atoms with Crippen LogP contribution in [0.25, 0.3) is 0 Å². The first kappa shape index (κ1) is 42.3. The molecule has 0 aliphatic rings. The summed E-state index contributed by atoms with van der Waals surface area (Å²) < 4.78 is 5.85. The van der Waals surface area contributed by atoms with Gasteiger partial charge in [-0.05, 0) is 63.9 Å². The number of ether oxygens (including phenoxy) is 1. The number of rotatable bonds is 31. The molecule has 9 nitrogen and oxygen atoms in total. The average Bonchev–Trinajstić information content (AvgIpc) is 3.02. The van der Waals surface area contributed by atoms with Crippen LogP contribution in [0.3, 0.4) is 0 Å². The van der Waals surface area contributed by atoms with Gasteiger partial charge in [0, 0.05) is 12.8 Å². The molecule has 0 aliphatic carbocycles. The quantitative estimate of drug-likeness (QED) is 0.0355. The van der Waals surface area contributed by atoms with Crippen molar-refractivity contribution in [1.82, 2.24) is 10.6 Å². The van der Waals surface area contributed by atoms with Crippen molar-refractivity contribution in [3.8, 4) is 0 Å². The molecule has 4 N–H and O–H groups in total. The van der Waals surface area contributed by atoms with Crippen LogP contribution >= 0.6 is 0 Å². The molecule has 0 saturated heterocycles. The minimum atomic E-state index is -1.39. The standard InChI is InChI=1S/C36H64N2O7/c1-3-5-7-9-11-13-14-16-18-24-28-35(42)45-31(25-21-17-15-12-10-8-6-4-2)26-22-19-20-23-27-33(40)37-29-34(41)38-32(30-39)36(43)44/h7,9,21,25,31-32,39H,3-6,8,10-20,22-24,26-30H2,1-2H3,(H,37,40)(H,38,41)(H,43,44)/b9-7-,25-21-. The Balaban J connectivity index is 4.35. The van der Waals surface area contributed by atoms with Crippen LogP contribution < -0.4 is 10.6 Å². The van der Waals surface area contributed by atoms with Gasteiger partial charge < -0.3 is 25.6 Å². The molecule has 0 saturated carbocycles. The van der Waals surface area contributed by atoms with Gasteiger partial charge in [0.1, 0.15) is 12.1 Å². The van der Waals surface area contributed by atoms with Crippen LogP contribution in [0.1, 0.15) is 155 Å². The van der Waals surface area contributed by atoms with Gasteiger partial charge in [0.2, 0.25) is 11.8 Å². The highest BCUT2D eigenvalue weighted by atomic mass is 16.5. The number of carboxylic acid groups (broad SMARTS) is 1. The molecule has 2 amide bonds. The summed E-state index contributed by atoms with van der Waals surface area (Å²) >= 11 is 0. The van der Waals surface area contributed by atoms with E-state index < -0.39 is 24.5 Å². The number of esters is 1. The summed E-state index contributed by atoms with van der Waals surface area (Å²) in [5.74, 6) is -2.41. The van der Waals surface area contributed by atoms with Crippen LogP contribution in [-0.2, 0) is 23.9 Å². The fraction of sp³-hybridized carbons (Fsp3) is 0.778. The van der Waals surface area contributed by atoms with E-state index in [1.54, 1.807) is 0 Å². The second kappa shape index (κ2) is 31.3. The molecule has 0 aromatic heterocycles. The molecule has 2 unspecified atom stereocenters. The summed E-state index contributed by atoms with van der Waals surface area (Å²) in [6.07, 6.45) is 30.8. The molecule has 45 heavy (non-hydrogen) atoms. The van der Waals surface area contributed by atoms with E-state index in [0.29, 0.717) is 12.8 Å². The van der Waals surface area contributed by atoms with Gasteiger partial charge in [-0.25, -0.2) is 4.79 Å². The van der Waals surface area contributed by atoms with Crippen molar-refractivity contribution in [1.29, 1.82) is 0 Å². The number of nitrogens with one attached hydrogen (secondary N) is 2. The van der Waals surface area contributed by atoms with Gasteiger partial charge in [-0.3, -0.25) is 14.4 Å². The maximum absolute atomic E-state index is 12.6. The van der Waals surface area contributed by atoms with Crippen LogP contribution in [0.2, 0.25) is 0 Å². The highest BCUT2D eigenvalue weighted by Gasteiger charge is 2.18. The topological polar surface area (TPSA) is 142 Å². The molecule has 0 bridgehead atoms. The molecule has 260 valence electrons. The van der Waals surface area contributed by atoms with Crippen LogP contribution in [0.15, 0.2) is 24.3 Å². The van der Waals surface area contributed by atoms with E-state index in [-0.39, 0.29) is 30.9 Å². The molecule has 0 rings (SSSR count). The smallest absolute Gasteiger partial charge is 0.328 e. The average molecular weight is 637 g/mol. The molecular formula is C36H64N2O7. The third-order valence-electron chi connectivity index (χ3n) is 7.64. The normalized spacial score (nSPS) is 12.8. The van der Waals surface area contributed by atoms with E-state index in [2.05, 4.69) is 48.8 Å². The minimum absolute atomic E-state index is 0.124. The lowest BCUT2D eigenvalue weighted by atomic mass is 10.1. The van der Waals surface area contributed by atoms with Crippen molar-refractivity contribution in [2.75, 3.05) is 13.2 Å². The number of allylic oxidation sites excluding steroid dienone is 3. The van der Waals surface area contributed by atoms with E-state index in [4.69, 9.17) is 14.9 Å². The van der Waals surface area contributed by atoms with Crippen molar-refractivity contribution in [2.45, 2.75) is 167 Å². The first-order valence-corrected chi connectivity index (χ1v) is 17.7. The third-order valence-corrected chi connectivity index (χ3v) is 7.64.